The van der Waals surface area contributed by atoms with E-state index in [2.05, 4.69) is 268 Å². The van der Waals surface area contributed by atoms with Crippen LogP contribution in [-0.4, -0.2) is 11.8 Å². The van der Waals surface area contributed by atoms with E-state index in [1.165, 1.54) is 122 Å². The number of rotatable bonds is 6. The highest BCUT2D eigenvalue weighted by atomic mass is 32.1. The summed E-state index contributed by atoms with van der Waals surface area (Å²) in [5.74, 6) is 0. The van der Waals surface area contributed by atoms with Crippen LogP contribution in [0.1, 0.15) is 105 Å². The van der Waals surface area contributed by atoms with Gasteiger partial charge in [-0.2, -0.15) is 0 Å². The Balaban J connectivity index is 1.01. The molecule has 3 nitrogen and oxygen atoms in total. The Bertz CT molecular complexity index is 4560. The number of fused-ring (bicyclic) bond motifs is 13. The Morgan fingerprint density at radius 2 is 0.924 bits per heavy atom. The lowest BCUT2D eigenvalue weighted by Crippen LogP contribution is -2.35. The Kier molecular flexibility index (Phi) is 11.2. The largest absolute Gasteiger partial charge is 0.355 e. The summed E-state index contributed by atoms with van der Waals surface area (Å²) in [6, 6.07) is 65.7. The molecule has 1 N–H and O–H groups in total. The summed E-state index contributed by atoms with van der Waals surface area (Å²) in [6.07, 6.45) is 0. The molecule has 0 amide bonds. The van der Waals surface area contributed by atoms with Gasteiger partial charge in [-0.25, -0.2) is 0 Å². The number of thiophene rings is 3. The molecule has 0 spiro atoms. The zero-order valence-corrected chi connectivity index (χ0v) is 49.9. The first-order chi connectivity index (χ1) is 37.6. The van der Waals surface area contributed by atoms with E-state index in [0.29, 0.717) is 0 Å². The molecule has 79 heavy (non-hydrogen) atoms. The second kappa shape index (κ2) is 17.7. The van der Waals surface area contributed by atoms with Crippen molar-refractivity contribution in [3.63, 3.8) is 0 Å². The summed E-state index contributed by atoms with van der Waals surface area (Å²) in [7, 11) is 0.850. The average molecular weight is 1080 g/mol. The molecule has 0 fully saturated rings. The molecule has 390 valence electrons. The van der Waals surface area contributed by atoms with E-state index in [1.807, 2.05) is 34.0 Å². The highest BCUT2D eigenvalue weighted by molar-refractivity contribution is 7.29. The van der Waals surface area contributed by atoms with E-state index in [9.17, 15) is 0 Å². The second-order valence-electron chi connectivity index (χ2n) is 26.4. The zero-order valence-electron chi connectivity index (χ0n) is 47.5. The quantitative estimate of drug-likeness (QED) is 0.168. The van der Waals surface area contributed by atoms with E-state index in [4.69, 9.17) is 0 Å². The van der Waals surface area contributed by atoms with Crippen LogP contribution in [0.2, 0.25) is 0 Å². The maximum Gasteiger partial charge on any atom is 0.211 e. The van der Waals surface area contributed by atoms with E-state index in [0.717, 1.165) is 35.7 Å². The molecule has 1 aliphatic rings. The van der Waals surface area contributed by atoms with Gasteiger partial charge in [0.05, 0.1) is 11.2 Å². The molecule has 1 aliphatic heterocycles. The fourth-order valence-corrected chi connectivity index (χ4v) is 15.7. The van der Waals surface area contributed by atoms with Crippen LogP contribution in [0.15, 0.2) is 170 Å². The van der Waals surface area contributed by atoms with Gasteiger partial charge in [0.15, 0.2) is 0 Å². The van der Waals surface area contributed by atoms with Gasteiger partial charge in [-0.1, -0.05) is 156 Å². The van der Waals surface area contributed by atoms with Crippen molar-refractivity contribution in [2.75, 3.05) is 10.2 Å². The maximum absolute atomic E-state index is 4.04. The number of aromatic nitrogens is 1. The molecular weight excluding hydrogens is 1010 g/mol. The smallest absolute Gasteiger partial charge is 0.211 e. The first kappa shape index (κ1) is 50.1. The highest BCUT2D eigenvalue weighted by Gasteiger charge is 2.31. The minimum atomic E-state index is 0.0233. The summed E-state index contributed by atoms with van der Waals surface area (Å²) in [4.78, 5) is 2.44. The van der Waals surface area contributed by atoms with E-state index >= 15 is 0 Å². The van der Waals surface area contributed by atoms with Gasteiger partial charge in [0, 0.05) is 101 Å². The molecule has 0 atom stereocenters. The van der Waals surface area contributed by atoms with Crippen molar-refractivity contribution in [3.8, 4) is 16.8 Å². The molecule has 0 aliphatic carbocycles. The van der Waals surface area contributed by atoms with Crippen molar-refractivity contribution in [1.82, 2.24) is 4.57 Å². The average Bonchev–Trinajstić information content (AvgIpc) is 4.38. The Morgan fingerprint density at radius 3 is 1.57 bits per heavy atom. The molecule has 7 heteroatoms. The van der Waals surface area contributed by atoms with Crippen LogP contribution >= 0.6 is 34.0 Å². The molecular formula is C72H66BN3S3. The van der Waals surface area contributed by atoms with Crippen molar-refractivity contribution in [2.45, 2.75) is 105 Å². The summed E-state index contributed by atoms with van der Waals surface area (Å²) >= 11 is 5.77. The summed E-state index contributed by atoms with van der Waals surface area (Å²) in [5.41, 5.74) is 19.0. The van der Waals surface area contributed by atoms with E-state index in [-0.39, 0.29) is 21.7 Å². The predicted octanol–water partition coefficient (Wildman–Crippen LogP) is 20.5. The van der Waals surface area contributed by atoms with Gasteiger partial charge in [-0.15, -0.1) is 34.0 Å². The van der Waals surface area contributed by atoms with Crippen LogP contribution in [0.4, 0.5) is 28.4 Å². The summed E-state index contributed by atoms with van der Waals surface area (Å²) < 4.78 is 10.6. The molecule has 13 aromatic rings. The first-order valence-electron chi connectivity index (χ1n) is 28.0. The lowest BCUT2D eigenvalue weighted by Gasteiger charge is -2.28. The van der Waals surface area contributed by atoms with Gasteiger partial charge in [0.2, 0.25) is 7.28 Å². The van der Waals surface area contributed by atoms with E-state index in [1.54, 1.807) is 0 Å². The van der Waals surface area contributed by atoms with Gasteiger partial charge in [0.1, 0.15) is 0 Å². The Morgan fingerprint density at radius 1 is 0.392 bits per heavy atom. The van der Waals surface area contributed by atoms with Gasteiger partial charge >= 0.3 is 0 Å². The minimum absolute atomic E-state index is 0.0233. The molecule has 9 aromatic carbocycles. The van der Waals surface area contributed by atoms with Crippen LogP contribution in [-0.2, 0) is 21.7 Å². The van der Waals surface area contributed by atoms with Crippen LogP contribution in [0.5, 0.6) is 0 Å². The highest BCUT2D eigenvalue weighted by Crippen LogP contribution is 2.48. The van der Waals surface area contributed by atoms with Gasteiger partial charge in [-0.3, -0.25) is 0 Å². The second-order valence-corrected chi connectivity index (χ2v) is 29.7. The van der Waals surface area contributed by atoms with Crippen LogP contribution in [0.25, 0.3) is 89.1 Å². The minimum Gasteiger partial charge on any atom is -0.355 e. The molecule has 5 heterocycles. The monoisotopic (exact) mass is 1080 g/mol. The topological polar surface area (TPSA) is 20.2 Å². The van der Waals surface area contributed by atoms with E-state index < -0.39 is 0 Å². The number of nitrogens with zero attached hydrogens (tertiary/aromatic N) is 2. The third kappa shape index (κ3) is 8.32. The zero-order chi connectivity index (χ0) is 54.7. The molecule has 0 bridgehead atoms. The summed E-state index contributed by atoms with van der Waals surface area (Å²) in [6.45, 7) is 27.6. The number of hydrogen-bond acceptors (Lipinski definition) is 5. The van der Waals surface area contributed by atoms with Crippen molar-refractivity contribution >= 4 is 152 Å². The van der Waals surface area contributed by atoms with Crippen LogP contribution in [0, 0.1) is 0 Å². The third-order valence-corrected chi connectivity index (χ3v) is 20.3. The lowest BCUT2D eigenvalue weighted by molar-refractivity contribution is 0.590. The molecule has 4 aromatic heterocycles. The Labute approximate surface area is 477 Å². The molecule has 0 saturated heterocycles. The van der Waals surface area contributed by atoms with Crippen molar-refractivity contribution < 1.29 is 0 Å². The van der Waals surface area contributed by atoms with Crippen LogP contribution in [0.3, 0.4) is 0 Å². The fourth-order valence-electron chi connectivity index (χ4n) is 12.3. The van der Waals surface area contributed by atoms with Crippen molar-refractivity contribution in [1.29, 1.82) is 0 Å². The Hall–Kier alpha value is -7.16. The standard InChI is InChI=1S/C72H66BN3S3/c1-69(2,3)41-17-24-45(25-18-41)74-58-39-63-56(54-36-48(30-34-61(54)78-63)75(46-26-19-42(20-27-46)70(4,5)6)47-28-21-43(22-29-47)71(7,8)9)37-52(58)50-31-32-51-53-38-55-49-15-13-14-16-60(49)77-64(55)40-59(53)76-66(51)65(50)73-68-67(76)57-35-44(72(10,11)12)23-33-62(57)79-68/h13-40,73-74H,1-12H3. The number of hydrogen-bond donors (Lipinski definition) is 1. The fraction of sp³-hybridized carbons (Fsp3) is 0.222. The molecule has 14 rings (SSSR count). The summed E-state index contributed by atoms with van der Waals surface area (Å²) in [5, 5.41) is 13.2. The predicted molar refractivity (Wildman–Crippen MR) is 353 cm³/mol. The lowest BCUT2D eigenvalue weighted by atomic mass is 9.63. The van der Waals surface area contributed by atoms with Crippen molar-refractivity contribution in [3.05, 3.63) is 192 Å². The van der Waals surface area contributed by atoms with Gasteiger partial charge in [-0.05, 0) is 157 Å². The number of nitrogens with one attached hydrogen (secondary N) is 1. The molecule has 0 unspecified atom stereocenters. The van der Waals surface area contributed by atoms with Crippen LogP contribution < -0.4 is 20.5 Å². The third-order valence-electron chi connectivity index (χ3n) is 16.8. The first-order valence-corrected chi connectivity index (χ1v) is 30.5. The van der Waals surface area contributed by atoms with Crippen molar-refractivity contribution in [2.24, 2.45) is 0 Å². The molecule has 0 saturated carbocycles. The molecule has 0 radical (unpaired) electrons. The van der Waals surface area contributed by atoms with Gasteiger partial charge < -0.3 is 14.8 Å². The van der Waals surface area contributed by atoms with Gasteiger partial charge in [0.25, 0.3) is 0 Å². The maximum atomic E-state index is 4.04. The SMILES string of the molecule is CC(C)(C)c1ccc(Nc2cc3sc4ccc(N(c5ccc(C(C)(C)C)cc5)c5ccc(C(C)(C)C)cc5)cc4c3cc2-c2ccc3c4cc5c(cc4n4c3c2Bc2sc3ccc(C(C)(C)C)cc3c2-4)sc2ccccc25)cc1. The number of benzene rings is 9. The number of anilines is 5. The normalized spacial score (nSPS) is 13.2.